The van der Waals surface area contributed by atoms with Crippen molar-refractivity contribution in [1.82, 2.24) is 15.5 Å². The smallest absolute Gasteiger partial charge is 0.234 e. The number of hydrogen-bond acceptors (Lipinski definition) is 4. The van der Waals surface area contributed by atoms with Crippen LogP contribution in [0.4, 0.5) is 0 Å². The topological polar surface area (TPSA) is 44.4 Å². The zero-order valence-corrected chi connectivity index (χ0v) is 12.6. The number of hydrogen-bond donors (Lipinski definition) is 2. The Morgan fingerprint density at radius 3 is 3.05 bits per heavy atom. The van der Waals surface area contributed by atoms with Crippen LogP contribution in [0.3, 0.4) is 0 Å². The van der Waals surface area contributed by atoms with Crippen molar-refractivity contribution < 1.29 is 4.79 Å². The summed E-state index contributed by atoms with van der Waals surface area (Å²) in [6.45, 7) is 8.65. The van der Waals surface area contributed by atoms with Gasteiger partial charge in [0, 0.05) is 22.8 Å². The van der Waals surface area contributed by atoms with Crippen molar-refractivity contribution in [2.75, 3.05) is 32.7 Å². The van der Waals surface area contributed by atoms with Crippen molar-refractivity contribution in [2.24, 2.45) is 0 Å². The third-order valence-corrected chi connectivity index (χ3v) is 4.55. The molecule has 0 aliphatic carbocycles. The second kappa shape index (κ2) is 7.03. The molecule has 0 bridgehead atoms. The van der Waals surface area contributed by atoms with Crippen LogP contribution in [-0.4, -0.2) is 43.5 Å². The van der Waals surface area contributed by atoms with E-state index in [4.69, 9.17) is 0 Å². The lowest BCUT2D eigenvalue weighted by atomic mass is 10.2. The van der Waals surface area contributed by atoms with E-state index in [0.29, 0.717) is 6.54 Å². The lowest BCUT2D eigenvalue weighted by Gasteiger charge is -2.20. The third-order valence-electron chi connectivity index (χ3n) is 3.37. The predicted octanol–water partition coefficient (Wildman–Crippen LogP) is 1.53. The minimum Gasteiger partial charge on any atom is -0.348 e. The SMILES string of the molecule is Cc1ccc(C(C)NC(=O)CN2CCCNCC2)s1. The van der Waals surface area contributed by atoms with Gasteiger partial charge < -0.3 is 10.6 Å². The van der Waals surface area contributed by atoms with Gasteiger partial charge in [0.15, 0.2) is 0 Å². The van der Waals surface area contributed by atoms with Gasteiger partial charge in [0.1, 0.15) is 0 Å². The molecule has 2 heterocycles. The van der Waals surface area contributed by atoms with Crippen LogP contribution in [-0.2, 0) is 4.79 Å². The lowest BCUT2D eigenvalue weighted by Crippen LogP contribution is -2.39. The molecule has 1 atom stereocenters. The third kappa shape index (κ3) is 4.60. The first-order valence-electron chi connectivity index (χ1n) is 6.94. The molecule has 19 heavy (non-hydrogen) atoms. The largest absolute Gasteiger partial charge is 0.348 e. The van der Waals surface area contributed by atoms with E-state index in [-0.39, 0.29) is 11.9 Å². The van der Waals surface area contributed by atoms with E-state index in [9.17, 15) is 4.79 Å². The Morgan fingerprint density at radius 1 is 1.47 bits per heavy atom. The summed E-state index contributed by atoms with van der Waals surface area (Å²) < 4.78 is 0. The Bertz CT molecular complexity index is 411. The summed E-state index contributed by atoms with van der Waals surface area (Å²) in [6, 6.07) is 4.31. The first-order chi connectivity index (χ1) is 9.15. The molecule has 0 aromatic carbocycles. The van der Waals surface area contributed by atoms with E-state index in [0.717, 1.165) is 32.6 Å². The van der Waals surface area contributed by atoms with Gasteiger partial charge in [0.05, 0.1) is 12.6 Å². The molecule has 0 saturated carbocycles. The molecule has 1 aromatic heterocycles. The number of thiophene rings is 1. The molecule has 106 valence electrons. The second-order valence-corrected chi connectivity index (χ2v) is 6.44. The summed E-state index contributed by atoms with van der Waals surface area (Å²) in [5.74, 6) is 0.125. The number of carbonyl (C=O) groups excluding carboxylic acids is 1. The second-order valence-electron chi connectivity index (χ2n) is 5.12. The standard InChI is InChI=1S/C14H23N3OS/c1-11-4-5-13(19-11)12(2)16-14(18)10-17-8-3-6-15-7-9-17/h4-5,12,15H,3,6-10H2,1-2H3,(H,16,18). The normalized spacial score (nSPS) is 18.8. The van der Waals surface area contributed by atoms with Crippen molar-refractivity contribution in [3.63, 3.8) is 0 Å². The fraction of sp³-hybridized carbons (Fsp3) is 0.643. The average Bonchev–Trinajstić information content (AvgIpc) is 2.64. The van der Waals surface area contributed by atoms with Crippen molar-refractivity contribution in [2.45, 2.75) is 26.3 Å². The number of amides is 1. The van der Waals surface area contributed by atoms with Gasteiger partial charge >= 0.3 is 0 Å². The molecule has 0 spiro atoms. The Morgan fingerprint density at radius 2 is 2.32 bits per heavy atom. The molecule has 1 amide bonds. The fourth-order valence-corrected chi connectivity index (χ4v) is 3.19. The van der Waals surface area contributed by atoms with E-state index in [1.165, 1.54) is 9.75 Å². The van der Waals surface area contributed by atoms with E-state index >= 15 is 0 Å². The lowest BCUT2D eigenvalue weighted by molar-refractivity contribution is -0.122. The van der Waals surface area contributed by atoms with Crippen molar-refractivity contribution in [1.29, 1.82) is 0 Å². The summed E-state index contributed by atoms with van der Waals surface area (Å²) in [6.07, 6.45) is 1.12. The highest BCUT2D eigenvalue weighted by atomic mass is 32.1. The Labute approximate surface area is 119 Å². The van der Waals surface area contributed by atoms with Gasteiger partial charge in [-0.15, -0.1) is 11.3 Å². The molecule has 1 fully saturated rings. The summed E-state index contributed by atoms with van der Waals surface area (Å²) >= 11 is 1.75. The molecular weight excluding hydrogens is 258 g/mol. The highest BCUT2D eigenvalue weighted by Gasteiger charge is 2.15. The molecule has 1 aromatic rings. The molecule has 1 unspecified atom stereocenters. The van der Waals surface area contributed by atoms with E-state index in [1.54, 1.807) is 11.3 Å². The minimum absolute atomic E-state index is 0.108. The summed E-state index contributed by atoms with van der Waals surface area (Å²) in [5, 5.41) is 6.43. The van der Waals surface area contributed by atoms with Crippen LogP contribution in [0.15, 0.2) is 12.1 Å². The van der Waals surface area contributed by atoms with Gasteiger partial charge in [-0.3, -0.25) is 9.69 Å². The number of nitrogens with one attached hydrogen (secondary N) is 2. The first kappa shape index (κ1) is 14.5. The van der Waals surface area contributed by atoms with Crippen molar-refractivity contribution in [3.8, 4) is 0 Å². The Kier molecular flexibility index (Phi) is 5.36. The van der Waals surface area contributed by atoms with E-state index < -0.39 is 0 Å². The van der Waals surface area contributed by atoms with Crippen LogP contribution in [0.2, 0.25) is 0 Å². The van der Waals surface area contributed by atoms with Gasteiger partial charge in [-0.2, -0.15) is 0 Å². The van der Waals surface area contributed by atoms with Gasteiger partial charge in [0.2, 0.25) is 5.91 Å². The number of carbonyl (C=O) groups is 1. The number of nitrogens with zero attached hydrogens (tertiary/aromatic N) is 1. The quantitative estimate of drug-likeness (QED) is 0.880. The first-order valence-corrected chi connectivity index (χ1v) is 7.75. The number of aryl methyl sites for hydroxylation is 1. The van der Waals surface area contributed by atoms with E-state index in [1.807, 2.05) is 6.92 Å². The molecule has 0 radical (unpaired) electrons. The fourth-order valence-electron chi connectivity index (χ4n) is 2.31. The van der Waals surface area contributed by atoms with Crippen molar-refractivity contribution in [3.05, 3.63) is 21.9 Å². The van der Waals surface area contributed by atoms with Gasteiger partial charge in [-0.1, -0.05) is 0 Å². The molecule has 5 heteroatoms. The van der Waals surface area contributed by atoms with Gasteiger partial charge in [-0.25, -0.2) is 0 Å². The van der Waals surface area contributed by atoms with Crippen LogP contribution >= 0.6 is 11.3 Å². The number of rotatable bonds is 4. The minimum atomic E-state index is 0.108. The van der Waals surface area contributed by atoms with Gasteiger partial charge in [-0.05, 0) is 45.5 Å². The van der Waals surface area contributed by atoms with Crippen LogP contribution in [0, 0.1) is 6.92 Å². The van der Waals surface area contributed by atoms with Crippen molar-refractivity contribution >= 4 is 17.2 Å². The highest BCUT2D eigenvalue weighted by Crippen LogP contribution is 2.22. The summed E-state index contributed by atoms with van der Waals surface area (Å²) in [4.78, 5) is 16.8. The highest BCUT2D eigenvalue weighted by molar-refractivity contribution is 7.12. The summed E-state index contributed by atoms with van der Waals surface area (Å²) in [5.41, 5.74) is 0. The molecule has 1 aliphatic rings. The zero-order chi connectivity index (χ0) is 13.7. The maximum absolute atomic E-state index is 12.0. The van der Waals surface area contributed by atoms with Gasteiger partial charge in [0.25, 0.3) is 0 Å². The molecule has 2 rings (SSSR count). The molecular formula is C14H23N3OS. The molecule has 2 N–H and O–H groups in total. The van der Waals surface area contributed by atoms with E-state index in [2.05, 4.69) is 34.6 Å². The molecule has 4 nitrogen and oxygen atoms in total. The Hall–Kier alpha value is -0.910. The predicted molar refractivity (Wildman–Crippen MR) is 79.5 cm³/mol. The molecule has 1 saturated heterocycles. The zero-order valence-electron chi connectivity index (χ0n) is 11.7. The van der Waals surface area contributed by atoms with Crippen LogP contribution < -0.4 is 10.6 Å². The van der Waals surface area contributed by atoms with Crippen LogP contribution in [0.5, 0.6) is 0 Å². The van der Waals surface area contributed by atoms with Crippen LogP contribution in [0.1, 0.15) is 29.1 Å². The maximum atomic E-state index is 12.0. The summed E-state index contributed by atoms with van der Waals surface area (Å²) in [7, 11) is 0. The maximum Gasteiger partial charge on any atom is 0.234 e. The Balaban J connectivity index is 1.80. The average molecular weight is 281 g/mol. The van der Waals surface area contributed by atoms with Crippen LogP contribution in [0.25, 0.3) is 0 Å². The molecule has 1 aliphatic heterocycles. The monoisotopic (exact) mass is 281 g/mol.